The number of aryl methyl sites for hydroxylation is 1. The van der Waals surface area contributed by atoms with Crippen LogP contribution in [0.5, 0.6) is 0 Å². The molecule has 1 N–H and O–H groups in total. The van der Waals surface area contributed by atoms with Crippen molar-refractivity contribution in [3.8, 4) is 0 Å². The summed E-state index contributed by atoms with van der Waals surface area (Å²) in [6.45, 7) is 5.27. The highest BCUT2D eigenvalue weighted by Crippen LogP contribution is 2.19. The van der Waals surface area contributed by atoms with Crippen LogP contribution in [0.3, 0.4) is 0 Å². The zero-order valence-corrected chi connectivity index (χ0v) is 11.4. The molecule has 0 heterocycles. The van der Waals surface area contributed by atoms with Gasteiger partial charge in [0.2, 0.25) is 0 Å². The number of hydrogen-bond acceptors (Lipinski definition) is 1. The molecular weight excluding hydrogens is 237 g/mol. The maximum Gasteiger partial charge on any atom is 0.144 e. The minimum atomic E-state index is -0.259. The number of hydrogen-bond donors (Lipinski definition) is 1. The molecule has 0 bridgehead atoms. The maximum atomic E-state index is 13.6. The van der Waals surface area contributed by atoms with Gasteiger partial charge in [0.1, 0.15) is 5.82 Å². The summed E-state index contributed by atoms with van der Waals surface area (Å²) in [7, 11) is 0. The van der Waals surface area contributed by atoms with E-state index in [0.29, 0.717) is 6.04 Å². The van der Waals surface area contributed by atoms with Gasteiger partial charge in [-0.15, -0.1) is 0 Å². The molecule has 0 aromatic heterocycles. The second kappa shape index (κ2) is 7.67. The summed E-state index contributed by atoms with van der Waals surface area (Å²) in [5, 5.41) is 3.65. The van der Waals surface area contributed by atoms with Gasteiger partial charge in [-0.2, -0.15) is 0 Å². The van der Waals surface area contributed by atoms with Gasteiger partial charge in [0, 0.05) is 6.04 Å². The lowest BCUT2D eigenvalue weighted by Gasteiger charge is -2.15. The quantitative estimate of drug-likeness (QED) is 0.772. The largest absolute Gasteiger partial charge is 0.314 e. The fourth-order valence-corrected chi connectivity index (χ4v) is 2.21. The minimum Gasteiger partial charge on any atom is -0.314 e. The summed E-state index contributed by atoms with van der Waals surface area (Å²) in [5.74, 6) is -0.259. The van der Waals surface area contributed by atoms with Crippen molar-refractivity contribution >= 4 is 11.6 Å². The molecule has 3 heteroatoms. The summed E-state index contributed by atoms with van der Waals surface area (Å²) in [5.41, 5.74) is 0.726. The molecule has 0 saturated heterocycles. The van der Waals surface area contributed by atoms with Gasteiger partial charge in [-0.1, -0.05) is 37.6 Å². The lowest BCUT2D eigenvalue weighted by molar-refractivity contribution is 0.464. The van der Waals surface area contributed by atoms with E-state index in [-0.39, 0.29) is 10.8 Å². The molecule has 0 radical (unpaired) electrons. The average molecular weight is 258 g/mol. The molecule has 17 heavy (non-hydrogen) atoms. The van der Waals surface area contributed by atoms with E-state index in [1.165, 1.54) is 0 Å². The monoisotopic (exact) mass is 257 g/mol. The third kappa shape index (κ3) is 4.64. The molecule has 0 fully saturated rings. The first-order chi connectivity index (χ1) is 8.19. The van der Waals surface area contributed by atoms with Crippen LogP contribution in [0, 0.1) is 5.82 Å². The topological polar surface area (TPSA) is 12.0 Å². The highest BCUT2D eigenvalue weighted by atomic mass is 35.5. The number of rotatable bonds is 7. The van der Waals surface area contributed by atoms with Gasteiger partial charge in [0.15, 0.2) is 0 Å². The van der Waals surface area contributed by atoms with Crippen LogP contribution >= 0.6 is 11.6 Å². The van der Waals surface area contributed by atoms with Crippen LogP contribution in [0.25, 0.3) is 0 Å². The van der Waals surface area contributed by atoms with E-state index in [1.807, 2.05) is 12.1 Å². The average Bonchev–Trinajstić information content (AvgIpc) is 2.33. The summed E-state index contributed by atoms with van der Waals surface area (Å²) in [4.78, 5) is 0. The van der Waals surface area contributed by atoms with E-state index in [2.05, 4.69) is 19.2 Å². The first kappa shape index (κ1) is 14.5. The third-order valence-electron chi connectivity index (χ3n) is 3.02. The van der Waals surface area contributed by atoms with Crippen molar-refractivity contribution in [1.29, 1.82) is 0 Å². The summed E-state index contributed by atoms with van der Waals surface area (Å²) in [6, 6.07) is 5.76. The fraction of sp³-hybridized carbons (Fsp3) is 0.571. The van der Waals surface area contributed by atoms with Gasteiger partial charge in [0.25, 0.3) is 0 Å². The van der Waals surface area contributed by atoms with E-state index < -0.39 is 0 Å². The van der Waals surface area contributed by atoms with Crippen molar-refractivity contribution < 1.29 is 4.39 Å². The molecule has 1 nitrogen and oxygen atoms in total. The summed E-state index contributed by atoms with van der Waals surface area (Å²) < 4.78 is 13.6. The molecule has 0 saturated carbocycles. The predicted molar refractivity (Wildman–Crippen MR) is 72.1 cm³/mol. The normalized spacial score (nSPS) is 12.7. The predicted octanol–water partition coefficient (Wildman–Crippen LogP) is 4.19. The summed E-state index contributed by atoms with van der Waals surface area (Å²) in [6.07, 6.45) is 3.94. The van der Waals surface area contributed by atoms with Crippen molar-refractivity contribution in [2.45, 2.75) is 45.6 Å². The highest BCUT2D eigenvalue weighted by Gasteiger charge is 2.08. The highest BCUT2D eigenvalue weighted by molar-refractivity contribution is 6.30. The number of benzene rings is 1. The Balaban J connectivity index is 2.42. The van der Waals surface area contributed by atoms with E-state index in [9.17, 15) is 4.39 Å². The van der Waals surface area contributed by atoms with Crippen LogP contribution in [0.4, 0.5) is 4.39 Å². The third-order valence-corrected chi connectivity index (χ3v) is 3.31. The van der Waals surface area contributed by atoms with Crippen LogP contribution < -0.4 is 5.32 Å². The Hall–Kier alpha value is -0.600. The number of halogens is 2. The van der Waals surface area contributed by atoms with Crippen LogP contribution in [-0.4, -0.2) is 12.6 Å². The Bertz CT molecular complexity index is 341. The van der Waals surface area contributed by atoms with E-state index >= 15 is 0 Å². The van der Waals surface area contributed by atoms with Gasteiger partial charge in [0.05, 0.1) is 5.02 Å². The van der Waals surface area contributed by atoms with Gasteiger partial charge in [-0.3, -0.25) is 0 Å². The smallest absolute Gasteiger partial charge is 0.144 e. The standard InChI is InChI=1S/C14H21ClFN/c1-3-12(17-4-2)9-5-7-11-8-6-10-13(15)14(11)16/h6,8,10,12,17H,3-5,7,9H2,1-2H3. The molecule has 0 spiro atoms. The SMILES string of the molecule is CCNC(CC)CCCc1cccc(Cl)c1F. The maximum absolute atomic E-state index is 13.6. The van der Waals surface area contributed by atoms with Crippen molar-refractivity contribution in [2.24, 2.45) is 0 Å². The van der Waals surface area contributed by atoms with Crippen LogP contribution in [0.1, 0.15) is 38.7 Å². The summed E-state index contributed by atoms with van der Waals surface area (Å²) >= 11 is 5.74. The Morgan fingerprint density at radius 3 is 2.76 bits per heavy atom. The van der Waals surface area contributed by atoms with Crippen molar-refractivity contribution in [3.63, 3.8) is 0 Å². The second-order valence-corrected chi connectivity index (χ2v) is 4.68. The van der Waals surface area contributed by atoms with E-state index in [4.69, 9.17) is 11.6 Å². The van der Waals surface area contributed by atoms with Gasteiger partial charge in [-0.05, 0) is 43.9 Å². The zero-order valence-electron chi connectivity index (χ0n) is 10.6. The first-order valence-corrected chi connectivity index (χ1v) is 6.73. The van der Waals surface area contributed by atoms with Gasteiger partial charge in [-0.25, -0.2) is 4.39 Å². The molecule has 96 valence electrons. The number of nitrogens with one attached hydrogen (secondary N) is 1. The molecule has 0 aliphatic carbocycles. The van der Waals surface area contributed by atoms with Gasteiger partial charge >= 0.3 is 0 Å². The minimum absolute atomic E-state index is 0.223. The molecule has 0 aliphatic rings. The molecule has 1 aromatic carbocycles. The molecule has 1 atom stereocenters. The molecule has 1 unspecified atom stereocenters. The lowest BCUT2D eigenvalue weighted by Crippen LogP contribution is -2.28. The zero-order chi connectivity index (χ0) is 12.7. The van der Waals surface area contributed by atoms with Crippen molar-refractivity contribution in [3.05, 3.63) is 34.6 Å². The molecule has 1 aromatic rings. The Kier molecular flexibility index (Phi) is 6.53. The van der Waals surface area contributed by atoms with Crippen LogP contribution in [0.15, 0.2) is 18.2 Å². The molecular formula is C14H21ClFN. The Labute approximate surface area is 108 Å². The molecule has 1 rings (SSSR count). The first-order valence-electron chi connectivity index (χ1n) is 6.35. The van der Waals surface area contributed by atoms with Crippen molar-refractivity contribution in [1.82, 2.24) is 5.32 Å². The van der Waals surface area contributed by atoms with Crippen molar-refractivity contribution in [2.75, 3.05) is 6.54 Å². The Morgan fingerprint density at radius 1 is 1.35 bits per heavy atom. The second-order valence-electron chi connectivity index (χ2n) is 4.27. The molecule has 0 aliphatic heterocycles. The Morgan fingerprint density at radius 2 is 2.12 bits per heavy atom. The fourth-order valence-electron chi connectivity index (χ4n) is 2.02. The molecule has 0 amide bonds. The van der Waals surface area contributed by atoms with Crippen LogP contribution in [-0.2, 0) is 6.42 Å². The van der Waals surface area contributed by atoms with E-state index in [0.717, 1.165) is 37.8 Å². The van der Waals surface area contributed by atoms with Crippen LogP contribution in [0.2, 0.25) is 5.02 Å². The van der Waals surface area contributed by atoms with Gasteiger partial charge < -0.3 is 5.32 Å². The van der Waals surface area contributed by atoms with E-state index in [1.54, 1.807) is 6.07 Å². The lowest BCUT2D eigenvalue weighted by atomic mass is 10.0.